The summed E-state index contributed by atoms with van der Waals surface area (Å²) in [7, 11) is 0. The lowest BCUT2D eigenvalue weighted by atomic mass is 9.76. The Bertz CT molecular complexity index is 383. The standard InChI is InChI=1S/C17H30O4/c1-6-14-7-8-17(20-13(14)5)12(4)15(19)11(3)16(21-17)10(2)9-18/h7-8,10-16,18-19H,6,9H2,1-5H3/t10-,11-,12-,13+,14-,15+,16+,17+/m0/s1. The quantitative estimate of drug-likeness (QED) is 0.785. The monoisotopic (exact) mass is 298 g/mol. The zero-order valence-electron chi connectivity index (χ0n) is 13.8. The molecule has 0 amide bonds. The van der Waals surface area contributed by atoms with Gasteiger partial charge in [0, 0.05) is 30.3 Å². The Morgan fingerprint density at radius 3 is 2.43 bits per heavy atom. The lowest BCUT2D eigenvalue weighted by Crippen LogP contribution is -2.61. The van der Waals surface area contributed by atoms with E-state index in [1.807, 2.05) is 26.8 Å². The molecule has 8 atom stereocenters. The highest BCUT2D eigenvalue weighted by Crippen LogP contribution is 2.44. The zero-order chi connectivity index (χ0) is 15.8. The summed E-state index contributed by atoms with van der Waals surface area (Å²) in [6.45, 7) is 10.2. The Labute approximate surface area is 128 Å². The van der Waals surface area contributed by atoms with Crippen molar-refractivity contribution < 1.29 is 19.7 Å². The predicted octanol–water partition coefficient (Wildman–Crippen LogP) is 2.34. The Morgan fingerprint density at radius 2 is 1.90 bits per heavy atom. The third kappa shape index (κ3) is 2.91. The van der Waals surface area contributed by atoms with Crippen LogP contribution in [0.5, 0.6) is 0 Å². The Morgan fingerprint density at radius 1 is 1.24 bits per heavy atom. The zero-order valence-corrected chi connectivity index (χ0v) is 13.8. The first-order valence-corrected chi connectivity index (χ1v) is 8.20. The van der Waals surface area contributed by atoms with Crippen molar-refractivity contribution in [2.24, 2.45) is 23.7 Å². The molecule has 0 aromatic rings. The molecular formula is C17H30O4. The summed E-state index contributed by atoms with van der Waals surface area (Å²) < 4.78 is 12.5. The molecule has 2 N–H and O–H groups in total. The van der Waals surface area contributed by atoms with Crippen molar-refractivity contribution in [2.75, 3.05) is 6.61 Å². The molecular weight excluding hydrogens is 268 g/mol. The smallest absolute Gasteiger partial charge is 0.193 e. The Balaban J connectivity index is 2.30. The van der Waals surface area contributed by atoms with Gasteiger partial charge in [-0.3, -0.25) is 0 Å². The summed E-state index contributed by atoms with van der Waals surface area (Å²) in [5.74, 6) is -0.674. The van der Waals surface area contributed by atoms with Crippen molar-refractivity contribution in [3.63, 3.8) is 0 Å². The second-order valence-electron chi connectivity index (χ2n) is 6.86. The highest BCUT2D eigenvalue weighted by molar-refractivity contribution is 5.11. The number of hydrogen-bond acceptors (Lipinski definition) is 4. The van der Waals surface area contributed by atoms with Crippen LogP contribution in [-0.2, 0) is 9.47 Å². The first-order chi connectivity index (χ1) is 9.86. The normalized spacial score (nSPS) is 48.5. The molecule has 1 saturated heterocycles. The number of hydrogen-bond donors (Lipinski definition) is 2. The van der Waals surface area contributed by atoms with Crippen LogP contribution in [0.4, 0.5) is 0 Å². The first-order valence-electron chi connectivity index (χ1n) is 8.20. The van der Waals surface area contributed by atoms with Crippen molar-refractivity contribution in [2.45, 2.75) is 65.1 Å². The van der Waals surface area contributed by atoms with Crippen LogP contribution >= 0.6 is 0 Å². The van der Waals surface area contributed by atoms with Gasteiger partial charge >= 0.3 is 0 Å². The molecule has 0 saturated carbocycles. The fourth-order valence-electron chi connectivity index (χ4n) is 3.68. The van der Waals surface area contributed by atoms with Gasteiger partial charge in [0.25, 0.3) is 0 Å². The average Bonchev–Trinajstić information content (AvgIpc) is 2.48. The van der Waals surface area contributed by atoms with Crippen LogP contribution in [0, 0.1) is 23.7 Å². The SMILES string of the molecule is CC[C@H]1C=C[C@]2(O[C@H]([C@@H](C)CO)[C@@H](C)[C@@H](O)[C@@H]2C)O[C@@H]1C. The maximum absolute atomic E-state index is 10.6. The molecule has 2 rings (SSSR count). The molecule has 4 nitrogen and oxygen atoms in total. The molecule has 0 radical (unpaired) electrons. The van der Waals surface area contributed by atoms with Gasteiger partial charge in [0.15, 0.2) is 5.79 Å². The summed E-state index contributed by atoms with van der Waals surface area (Å²) in [4.78, 5) is 0. The summed E-state index contributed by atoms with van der Waals surface area (Å²) in [5, 5.41) is 20.1. The van der Waals surface area contributed by atoms with Gasteiger partial charge in [-0.15, -0.1) is 0 Å². The molecule has 2 aliphatic rings. The summed E-state index contributed by atoms with van der Waals surface area (Å²) in [6.07, 6.45) is 4.51. The Kier molecular flexibility index (Phi) is 5.14. The highest BCUT2D eigenvalue weighted by atomic mass is 16.7. The molecule has 4 heteroatoms. The molecule has 2 heterocycles. The van der Waals surface area contributed by atoms with E-state index in [4.69, 9.17) is 9.47 Å². The average molecular weight is 298 g/mol. The van der Waals surface area contributed by atoms with Crippen molar-refractivity contribution in [1.82, 2.24) is 0 Å². The van der Waals surface area contributed by atoms with Crippen LogP contribution < -0.4 is 0 Å². The van der Waals surface area contributed by atoms with E-state index >= 15 is 0 Å². The molecule has 0 aromatic carbocycles. The first kappa shape index (κ1) is 16.9. The van der Waals surface area contributed by atoms with Crippen LogP contribution in [0.1, 0.15) is 41.0 Å². The van der Waals surface area contributed by atoms with Crippen molar-refractivity contribution in [1.29, 1.82) is 0 Å². The van der Waals surface area contributed by atoms with E-state index < -0.39 is 11.9 Å². The van der Waals surface area contributed by atoms with Crippen LogP contribution in [0.3, 0.4) is 0 Å². The van der Waals surface area contributed by atoms with Crippen molar-refractivity contribution in [3.05, 3.63) is 12.2 Å². The summed E-state index contributed by atoms with van der Waals surface area (Å²) >= 11 is 0. The van der Waals surface area contributed by atoms with Gasteiger partial charge in [-0.1, -0.05) is 33.8 Å². The molecule has 1 spiro atoms. The summed E-state index contributed by atoms with van der Waals surface area (Å²) in [6, 6.07) is 0. The van der Waals surface area contributed by atoms with Gasteiger partial charge in [-0.2, -0.15) is 0 Å². The third-order valence-corrected chi connectivity index (χ3v) is 5.39. The van der Waals surface area contributed by atoms with Gasteiger partial charge < -0.3 is 19.7 Å². The summed E-state index contributed by atoms with van der Waals surface area (Å²) in [5.41, 5.74) is 0. The molecule has 122 valence electrons. The minimum atomic E-state index is -0.870. The van der Waals surface area contributed by atoms with Gasteiger partial charge in [0.05, 0.1) is 18.3 Å². The predicted molar refractivity (Wildman–Crippen MR) is 81.7 cm³/mol. The number of aliphatic hydroxyl groups is 2. The van der Waals surface area contributed by atoms with Gasteiger partial charge in [0.2, 0.25) is 0 Å². The van der Waals surface area contributed by atoms with Crippen LogP contribution in [0.2, 0.25) is 0 Å². The maximum atomic E-state index is 10.6. The van der Waals surface area contributed by atoms with Gasteiger partial charge in [-0.25, -0.2) is 0 Å². The van der Waals surface area contributed by atoms with Crippen LogP contribution in [0.25, 0.3) is 0 Å². The van der Waals surface area contributed by atoms with E-state index in [0.29, 0.717) is 5.92 Å². The highest BCUT2D eigenvalue weighted by Gasteiger charge is 2.53. The minimum Gasteiger partial charge on any atom is -0.396 e. The lowest BCUT2D eigenvalue weighted by molar-refractivity contribution is -0.337. The second-order valence-corrected chi connectivity index (χ2v) is 6.86. The van der Waals surface area contributed by atoms with Crippen LogP contribution in [0.15, 0.2) is 12.2 Å². The van der Waals surface area contributed by atoms with Gasteiger partial charge in [-0.05, 0) is 19.4 Å². The molecule has 0 aliphatic carbocycles. The fourth-order valence-corrected chi connectivity index (χ4v) is 3.68. The minimum absolute atomic E-state index is 0.0241. The van der Waals surface area contributed by atoms with E-state index in [9.17, 15) is 10.2 Å². The maximum Gasteiger partial charge on any atom is 0.193 e. The second kappa shape index (κ2) is 6.37. The molecule has 21 heavy (non-hydrogen) atoms. The molecule has 0 bridgehead atoms. The van der Waals surface area contributed by atoms with Crippen LogP contribution in [-0.4, -0.2) is 40.9 Å². The fraction of sp³-hybridized carbons (Fsp3) is 0.882. The third-order valence-electron chi connectivity index (χ3n) is 5.39. The van der Waals surface area contributed by atoms with Crippen molar-refractivity contribution >= 4 is 0 Å². The van der Waals surface area contributed by atoms with E-state index in [1.54, 1.807) is 0 Å². The molecule has 0 unspecified atom stereocenters. The van der Waals surface area contributed by atoms with Gasteiger partial charge in [0.1, 0.15) is 0 Å². The number of ether oxygens (including phenoxy) is 2. The molecule has 0 aromatic heterocycles. The topological polar surface area (TPSA) is 58.9 Å². The van der Waals surface area contributed by atoms with Crippen molar-refractivity contribution in [3.8, 4) is 0 Å². The number of aliphatic hydroxyl groups excluding tert-OH is 2. The van der Waals surface area contributed by atoms with E-state index in [-0.39, 0.29) is 36.6 Å². The Hall–Kier alpha value is -0.420. The van der Waals surface area contributed by atoms with E-state index in [1.165, 1.54) is 0 Å². The van der Waals surface area contributed by atoms with E-state index in [0.717, 1.165) is 6.42 Å². The number of rotatable bonds is 3. The van der Waals surface area contributed by atoms with E-state index in [2.05, 4.69) is 19.9 Å². The molecule has 2 aliphatic heterocycles. The molecule has 1 fully saturated rings. The lowest BCUT2D eigenvalue weighted by Gasteiger charge is -2.53. The largest absolute Gasteiger partial charge is 0.396 e.